The molecular formula is C13H24N2O2. The number of likely N-dealkylation sites (tertiary alicyclic amines) is 1. The van der Waals surface area contributed by atoms with Crippen LogP contribution >= 0.6 is 0 Å². The molecule has 2 fully saturated rings. The number of amides is 1. The van der Waals surface area contributed by atoms with E-state index in [9.17, 15) is 4.79 Å². The molecule has 4 heteroatoms. The van der Waals surface area contributed by atoms with Crippen LogP contribution in [0.2, 0.25) is 0 Å². The van der Waals surface area contributed by atoms with Gasteiger partial charge in [0.05, 0.1) is 12.1 Å². The number of hydrogen-bond acceptors (Lipinski definition) is 3. The van der Waals surface area contributed by atoms with Gasteiger partial charge in [0.25, 0.3) is 0 Å². The van der Waals surface area contributed by atoms with Crippen molar-refractivity contribution >= 4 is 5.91 Å². The van der Waals surface area contributed by atoms with E-state index in [1.165, 1.54) is 6.42 Å². The van der Waals surface area contributed by atoms with Crippen molar-refractivity contribution in [2.45, 2.75) is 38.1 Å². The molecule has 0 spiro atoms. The lowest BCUT2D eigenvalue weighted by atomic mass is 9.89. The number of carbonyl (C=O) groups is 1. The van der Waals surface area contributed by atoms with E-state index < -0.39 is 0 Å². The largest absolute Gasteiger partial charge is 0.384 e. The molecule has 2 aliphatic rings. The second-order valence-electron chi connectivity index (χ2n) is 5.58. The van der Waals surface area contributed by atoms with Crippen LogP contribution in [0.5, 0.6) is 0 Å². The molecule has 2 atom stereocenters. The number of hydrogen-bond donors (Lipinski definition) is 1. The van der Waals surface area contributed by atoms with Crippen LogP contribution in [0.1, 0.15) is 32.6 Å². The zero-order valence-corrected chi connectivity index (χ0v) is 11.0. The van der Waals surface area contributed by atoms with E-state index in [0.717, 1.165) is 45.5 Å². The molecule has 0 aromatic rings. The summed E-state index contributed by atoms with van der Waals surface area (Å²) >= 11 is 0. The third kappa shape index (κ3) is 2.80. The Balaban J connectivity index is 1.91. The molecule has 0 aromatic carbocycles. The molecule has 2 saturated heterocycles. The van der Waals surface area contributed by atoms with Crippen molar-refractivity contribution in [1.82, 2.24) is 10.2 Å². The van der Waals surface area contributed by atoms with Gasteiger partial charge >= 0.3 is 0 Å². The minimum atomic E-state index is -0.319. The molecule has 17 heavy (non-hydrogen) atoms. The summed E-state index contributed by atoms with van der Waals surface area (Å²) in [4.78, 5) is 14.5. The number of nitrogens with zero attached hydrogens (tertiary/aromatic N) is 1. The van der Waals surface area contributed by atoms with E-state index >= 15 is 0 Å². The van der Waals surface area contributed by atoms with Gasteiger partial charge in [-0.3, -0.25) is 4.79 Å². The number of rotatable bonds is 3. The van der Waals surface area contributed by atoms with Crippen molar-refractivity contribution in [1.29, 1.82) is 0 Å². The van der Waals surface area contributed by atoms with Crippen molar-refractivity contribution in [3.63, 3.8) is 0 Å². The molecule has 1 N–H and O–H groups in total. The van der Waals surface area contributed by atoms with Crippen LogP contribution in [0.15, 0.2) is 0 Å². The Kier molecular flexibility index (Phi) is 4.05. The number of nitrogens with one attached hydrogen (secondary N) is 1. The molecular weight excluding hydrogens is 216 g/mol. The summed E-state index contributed by atoms with van der Waals surface area (Å²) in [6.45, 7) is 5.55. The topological polar surface area (TPSA) is 41.6 Å². The van der Waals surface area contributed by atoms with Gasteiger partial charge in [0, 0.05) is 26.1 Å². The number of carbonyl (C=O) groups excluding carboxylic acids is 1. The van der Waals surface area contributed by atoms with Gasteiger partial charge in [-0.15, -0.1) is 0 Å². The maximum Gasteiger partial charge on any atom is 0.242 e. The van der Waals surface area contributed by atoms with Crippen LogP contribution in [-0.4, -0.2) is 49.7 Å². The first-order valence-electron chi connectivity index (χ1n) is 6.69. The summed E-state index contributed by atoms with van der Waals surface area (Å²) in [7, 11) is 1.73. The number of methoxy groups -OCH3 is 1. The maximum absolute atomic E-state index is 12.5. The van der Waals surface area contributed by atoms with E-state index in [0.29, 0.717) is 5.92 Å². The quantitative estimate of drug-likeness (QED) is 0.800. The number of ether oxygens (including phenoxy) is 1. The van der Waals surface area contributed by atoms with E-state index in [4.69, 9.17) is 4.74 Å². The van der Waals surface area contributed by atoms with Gasteiger partial charge < -0.3 is 15.0 Å². The molecule has 2 heterocycles. The molecule has 0 aliphatic carbocycles. The highest BCUT2D eigenvalue weighted by Gasteiger charge is 2.39. The highest BCUT2D eigenvalue weighted by molar-refractivity contribution is 5.86. The van der Waals surface area contributed by atoms with Crippen LogP contribution in [0, 0.1) is 5.92 Å². The molecule has 0 aromatic heterocycles. The summed E-state index contributed by atoms with van der Waals surface area (Å²) in [5, 5.41) is 3.40. The summed E-state index contributed by atoms with van der Waals surface area (Å²) < 4.78 is 5.17. The van der Waals surface area contributed by atoms with E-state index in [1.54, 1.807) is 7.11 Å². The predicted molar refractivity (Wildman–Crippen MR) is 66.8 cm³/mol. The monoisotopic (exact) mass is 240 g/mol. The molecule has 0 saturated carbocycles. The Labute approximate surface area is 104 Å². The van der Waals surface area contributed by atoms with Crippen molar-refractivity contribution in [2.24, 2.45) is 5.92 Å². The lowest BCUT2D eigenvalue weighted by molar-refractivity contribution is -0.137. The molecule has 2 unspecified atom stereocenters. The minimum Gasteiger partial charge on any atom is -0.384 e. The van der Waals surface area contributed by atoms with Crippen molar-refractivity contribution < 1.29 is 9.53 Å². The normalized spacial score (nSPS) is 34.0. The first kappa shape index (κ1) is 12.8. The average Bonchev–Trinajstić information content (AvgIpc) is 2.78. The average molecular weight is 240 g/mol. The molecule has 2 aliphatic heterocycles. The van der Waals surface area contributed by atoms with Crippen molar-refractivity contribution in [3.8, 4) is 0 Å². The van der Waals surface area contributed by atoms with Gasteiger partial charge in [-0.25, -0.2) is 0 Å². The summed E-state index contributed by atoms with van der Waals surface area (Å²) in [6, 6.07) is 0. The molecule has 1 amide bonds. The SMILES string of the molecule is COCC1CCN(C(=O)C2(C)CCCCN2)C1. The molecule has 0 bridgehead atoms. The van der Waals surface area contributed by atoms with Crippen LogP contribution < -0.4 is 5.32 Å². The van der Waals surface area contributed by atoms with Gasteiger partial charge in [-0.1, -0.05) is 0 Å². The molecule has 0 radical (unpaired) electrons. The lowest BCUT2D eigenvalue weighted by Gasteiger charge is -2.36. The Morgan fingerprint density at radius 2 is 2.35 bits per heavy atom. The second-order valence-corrected chi connectivity index (χ2v) is 5.58. The van der Waals surface area contributed by atoms with Gasteiger partial charge in [-0.2, -0.15) is 0 Å². The van der Waals surface area contributed by atoms with Gasteiger partial charge in [0.1, 0.15) is 0 Å². The fourth-order valence-corrected chi connectivity index (χ4v) is 2.98. The summed E-state index contributed by atoms with van der Waals surface area (Å²) in [6.07, 6.45) is 4.40. The zero-order valence-electron chi connectivity index (χ0n) is 11.0. The third-order valence-corrected chi connectivity index (χ3v) is 4.07. The van der Waals surface area contributed by atoms with Crippen molar-refractivity contribution in [3.05, 3.63) is 0 Å². The standard InChI is InChI=1S/C13H24N2O2/c1-13(6-3-4-7-14-13)12(16)15-8-5-11(9-15)10-17-2/h11,14H,3-10H2,1-2H3. The van der Waals surface area contributed by atoms with E-state index in [2.05, 4.69) is 12.2 Å². The fraction of sp³-hybridized carbons (Fsp3) is 0.923. The van der Waals surface area contributed by atoms with Gasteiger partial charge in [0.15, 0.2) is 0 Å². The predicted octanol–water partition coefficient (Wildman–Crippen LogP) is 1.01. The second kappa shape index (κ2) is 5.36. The first-order valence-corrected chi connectivity index (χ1v) is 6.69. The molecule has 2 rings (SSSR count). The Hall–Kier alpha value is -0.610. The Morgan fingerprint density at radius 1 is 1.53 bits per heavy atom. The summed E-state index contributed by atoms with van der Waals surface area (Å²) in [5.74, 6) is 0.812. The van der Waals surface area contributed by atoms with Gasteiger partial charge in [0.2, 0.25) is 5.91 Å². The third-order valence-electron chi connectivity index (χ3n) is 4.07. The molecule has 4 nitrogen and oxygen atoms in total. The minimum absolute atomic E-state index is 0.288. The summed E-state index contributed by atoms with van der Waals surface area (Å²) in [5.41, 5.74) is -0.319. The van der Waals surface area contributed by atoms with Crippen molar-refractivity contribution in [2.75, 3.05) is 33.4 Å². The highest BCUT2D eigenvalue weighted by atomic mass is 16.5. The smallest absolute Gasteiger partial charge is 0.242 e. The zero-order chi connectivity index (χ0) is 12.3. The molecule has 98 valence electrons. The first-order chi connectivity index (χ1) is 8.15. The van der Waals surface area contributed by atoms with Crippen LogP contribution in [0.3, 0.4) is 0 Å². The Bertz CT molecular complexity index is 275. The lowest BCUT2D eigenvalue weighted by Crippen LogP contribution is -2.57. The number of piperidine rings is 1. The Morgan fingerprint density at radius 3 is 3.00 bits per heavy atom. The van der Waals surface area contributed by atoms with E-state index in [1.807, 2.05) is 4.90 Å². The van der Waals surface area contributed by atoms with E-state index in [-0.39, 0.29) is 11.4 Å². The van der Waals surface area contributed by atoms with Crippen LogP contribution in [0.4, 0.5) is 0 Å². The van der Waals surface area contributed by atoms with Crippen LogP contribution in [0.25, 0.3) is 0 Å². The van der Waals surface area contributed by atoms with Crippen LogP contribution in [-0.2, 0) is 9.53 Å². The maximum atomic E-state index is 12.5. The fourth-order valence-electron chi connectivity index (χ4n) is 2.98. The highest BCUT2D eigenvalue weighted by Crippen LogP contribution is 2.25. The van der Waals surface area contributed by atoms with Gasteiger partial charge in [-0.05, 0) is 39.2 Å².